The first-order valence-electron chi connectivity index (χ1n) is 5.23. The second-order valence-electron chi connectivity index (χ2n) is 5.06. The molecule has 1 aromatic rings. The van der Waals surface area contributed by atoms with Gasteiger partial charge in [0.2, 0.25) is 0 Å². The Kier molecular flexibility index (Phi) is 4.11. The quantitative estimate of drug-likeness (QED) is 0.856. The Hall–Kier alpha value is -0.610. The van der Waals surface area contributed by atoms with Crippen molar-refractivity contribution in [3.8, 4) is 0 Å². The molecule has 0 aliphatic rings. The van der Waals surface area contributed by atoms with Crippen molar-refractivity contribution in [1.29, 1.82) is 0 Å². The molecule has 1 rings (SSSR count). The fourth-order valence-electron chi connectivity index (χ4n) is 1.51. The van der Waals surface area contributed by atoms with Crippen molar-refractivity contribution in [3.63, 3.8) is 0 Å². The molecular formula is C11H21N3S. The van der Waals surface area contributed by atoms with Crippen molar-refractivity contribution in [2.24, 2.45) is 5.41 Å². The molecule has 1 N–H and O–H groups in total. The highest BCUT2D eigenvalue weighted by atomic mass is 32.1. The lowest BCUT2D eigenvalue weighted by Gasteiger charge is -2.26. The van der Waals surface area contributed by atoms with E-state index in [-0.39, 0.29) is 0 Å². The molecule has 0 bridgehead atoms. The van der Waals surface area contributed by atoms with E-state index in [9.17, 15) is 0 Å². The van der Waals surface area contributed by atoms with E-state index >= 15 is 0 Å². The summed E-state index contributed by atoms with van der Waals surface area (Å²) in [5, 5.41) is 4.24. The molecule has 1 heterocycles. The van der Waals surface area contributed by atoms with E-state index in [4.69, 9.17) is 0 Å². The van der Waals surface area contributed by atoms with E-state index in [0.29, 0.717) is 5.41 Å². The summed E-state index contributed by atoms with van der Waals surface area (Å²) in [4.78, 5) is 7.93. The highest BCUT2D eigenvalue weighted by Crippen LogP contribution is 2.24. The van der Waals surface area contributed by atoms with Crippen LogP contribution in [0.2, 0.25) is 0 Å². The van der Waals surface area contributed by atoms with E-state index in [1.165, 1.54) is 4.88 Å². The van der Waals surface area contributed by atoms with Crippen molar-refractivity contribution in [1.82, 2.24) is 10.3 Å². The molecule has 15 heavy (non-hydrogen) atoms. The molecule has 0 spiro atoms. The van der Waals surface area contributed by atoms with Gasteiger partial charge in [0, 0.05) is 31.2 Å². The summed E-state index contributed by atoms with van der Waals surface area (Å²) in [6.45, 7) is 8.66. The first-order valence-corrected chi connectivity index (χ1v) is 6.04. The second-order valence-corrected chi connectivity index (χ2v) is 6.15. The SMILES string of the molecule is CNCc1cnc(N(C)CC(C)(C)C)s1. The lowest BCUT2D eigenvalue weighted by Crippen LogP contribution is -2.28. The van der Waals surface area contributed by atoms with Gasteiger partial charge in [-0.2, -0.15) is 0 Å². The van der Waals surface area contributed by atoms with Crippen LogP contribution in [0.5, 0.6) is 0 Å². The summed E-state index contributed by atoms with van der Waals surface area (Å²) < 4.78 is 0. The maximum Gasteiger partial charge on any atom is 0.185 e. The van der Waals surface area contributed by atoms with Crippen LogP contribution in [0.3, 0.4) is 0 Å². The van der Waals surface area contributed by atoms with Gasteiger partial charge in [0.1, 0.15) is 0 Å². The third kappa shape index (κ3) is 4.18. The Morgan fingerprint density at radius 2 is 2.13 bits per heavy atom. The van der Waals surface area contributed by atoms with Crippen LogP contribution in [0, 0.1) is 5.41 Å². The molecular weight excluding hydrogens is 206 g/mol. The Morgan fingerprint density at radius 1 is 1.47 bits per heavy atom. The predicted molar refractivity (Wildman–Crippen MR) is 67.6 cm³/mol. The van der Waals surface area contributed by atoms with Gasteiger partial charge >= 0.3 is 0 Å². The number of hydrogen-bond donors (Lipinski definition) is 1. The minimum atomic E-state index is 0.309. The molecule has 3 nitrogen and oxygen atoms in total. The fraction of sp³-hybridized carbons (Fsp3) is 0.727. The van der Waals surface area contributed by atoms with Crippen molar-refractivity contribution in [2.75, 3.05) is 25.5 Å². The standard InChI is InChI=1S/C11H21N3S/c1-11(2,3)8-14(5)10-13-7-9(15-10)6-12-4/h7,12H,6,8H2,1-5H3. The Bertz CT molecular complexity index is 301. The molecule has 4 heteroatoms. The summed E-state index contributed by atoms with van der Waals surface area (Å²) in [5.74, 6) is 0. The van der Waals surface area contributed by atoms with E-state index in [2.05, 4.69) is 43.0 Å². The first kappa shape index (κ1) is 12.5. The maximum atomic E-state index is 4.42. The number of nitrogens with zero attached hydrogens (tertiary/aromatic N) is 2. The highest BCUT2D eigenvalue weighted by Gasteiger charge is 2.15. The average molecular weight is 227 g/mol. The minimum Gasteiger partial charge on any atom is -0.351 e. The molecule has 0 fully saturated rings. The predicted octanol–water partition coefficient (Wildman–Crippen LogP) is 2.34. The van der Waals surface area contributed by atoms with Crippen LogP contribution in [0.4, 0.5) is 5.13 Å². The number of anilines is 1. The zero-order valence-corrected chi connectivity index (χ0v) is 11.1. The zero-order valence-electron chi connectivity index (χ0n) is 10.3. The fourth-order valence-corrected chi connectivity index (χ4v) is 2.39. The number of nitrogens with one attached hydrogen (secondary N) is 1. The lowest BCUT2D eigenvalue weighted by atomic mass is 9.96. The van der Waals surface area contributed by atoms with Crippen molar-refractivity contribution in [3.05, 3.63) is 11.1 Å². The first-order chi connectivity index (χ1) is 6.92. The van der Waals surface area contributed by atoms with Gasteiger partial charge in [-0.15, -0.1) is 11.3 Å². The Balaban J connectivity index is 2.61. The van der Waals surface area contributed by atoms with Gasteiger partial charge in [-0.3, -0.25) is 0 Å². The molecule has 0 saturated carbocycles. The van der Waals surface area contributed by atoms with Crippen LogP contribution in [-0.2, 0) is 6.54 Å². The molecule has 0 atom stereocenters. The Morgan fingerprint density at radius 3 is 2.67 bits per heavy atom. The van der Waals surface area contributed by atoms with Gasteiger partial charge in [-0.25, -0.2) is 4.98 Å². The molecule has 0 aliphatic heterocycles. The van der Waals surface area contributed by atoms with E-state index in [1.54, 1.807) is 11.3 Å². The topological polar surface area (TPSA) is 28.2 Å². The zero-order chi connectivity index (χ0) is 11.5. The third-order valence-corrected chi connectivity index (χ3v) is 3.04. The van der Waals surface area contributed by atoms with Crippen LogP contribution < -0.4 is 10.2 Å². The van der Waals surface area contributed by atoms with Crippen LogP contribution >= 0.6 is 11.3 Å². The second kappa shape index (κ2) is 4.94. The highest BCUT2D eigenvalue weighted by molar-refractivity contribution is 7.15. The molecule has 86 valence electrons. The van der Waals surface area contributed by atoms with E-state index in [0.717, 1.165) is 18.2 Å². The number of hydrogen-bond acceptors (Lipinski definition) is 4. The maximum absolute atomic E-state index is 4.42. The van der Waals surface area contributed by atoms with Gasteiger partial charge in [-0.05, 0) is 12.5 Å². The minimum absolute atomic E-state index is 0.309. The van der Waals surface area contributed by atoms with Crippen LogP contribution in [0.25, 0.3) is 0 Å². The number of thiazole rings is 1. The van der Waals surface area contributed by atoms with Gasteiger partial charge in [0.05, 0.1) is 0 Å². The monoisotopic (exact) mass is 227 g/mol. The van der Waals surface area contributed by atoms with Gasteiger partial charge in [-0.1, -0.05) is 20.8 Å². The lowest BCUT2D eigenvalue weighted by molar-refractivity contribution is 0.419. The molecule has 0 amide bonds. The molecule has 0 saturated heterocycles. The largest absolute Gasteiger partial charge is 0.351 e. The molecule has 0 aliphatic carbocycles. The summed E-state index contributed by atoms with van der Waals surface area (Å²) in [7, 11) is 4.06. The van der Waals surface area contributed by atoms with Crippen molar-refractivity contribution in [2.45, 2.75) is 27.3 Å². The normalized spacial score (nSPS) is 11.8. The summed E-state index contributed by atoms with van der Waals surface area (Å²) in [5.41, 5.74) is 0.309. The summed E-state index contributed by atoms with van der Waals surface area (Å²) in [6.07, 6.45) is 1.95. The molecule has 0 radical (unpaired) electrons. The van der Waals surface area contributed by atoms with E-state index in [1.807, 2.05) is 13.2 Å². The summed E-state index contributed by atoms with van der Waals surface area (Å²) >= 11 is 1.76. The Labute approximate surface area is 96.5 Å². The van der Waals surface area contributed by atoms with Crippen LogP contribution in [0.15, 0.2) is 6.20 Å². The third-order valence-electron chi connectivity index (χ3n) is 1.93. The van der Waals surface area contributed by atoms with Gasteiger partial charge in [0.15, 0.2) is 5.13 Å². The number of rotatable bonds is 4. The van der Waals surface area contributed by atoms with E-state index < -0.39 is 0 Å². The molecule has 0 aromatic carbocycles. The summed E-state index contributed by atoms with van der Waals surface area (Å²) in [6, 6.07) is 0. The van der Waals surface area contributed by atoms with Crippen LogP contribution in [-0.4, -0.2) is 25.6 Å². The van der Waals surface area contributed by atoms with Gasteiger partial charge < -0.3 is 10.2 Å². The number of aromatic nitrogens is 1. The van der Waals surface area contributed by atoms with Crippen LogP contribution in [0.1, 0.15) is 25.6 Å². The smallest absolute Gasteiger partial charge is 0.185 e. The van der Waals surface area contributed by atoms with Gasteiger partial charge in [0.25, 0.3) is 0 Å². The molecule has 1 aromatic heterocycles. The van der Waals surface area contributed by atoms with Crippen molar-refractivity contribution < 1.29 is 0 Å². The average Bonchev–Trinajstić information content (AvgIpc) is 2.50. The van der Waals surface area contributed by atoms with Crippen molar-refractivity contribution >= 4 is 16.5 Å². The molecule has 0 unspecified atom stereocenters.